The van der Waals surface area contributed by atoms with Crippen LogP contribution in [0, 0.1) is 17.1 Å². The third kappa shape index (κ3) is 3.12. The Hall–Kier alpha value is -1.15. The van der Waals surface area contributed by atoms with Gasteiger partial charge < -0.3 is 4.90 Å². The van der Waals surface area contributed by atoms with Crippen LogP contribution in [0.5, 0.6) is 0 Å². The number of halogens is 2. The summed E-state index contributed by atoms with van der Waals surface area (Å²) in [5.41, 5.74) is 0.325. The molecule has 1 aromatic rings. The van der Waals surface area contributed by atoms with Crippen LogP contribution in [-0.2, 0) is 0 Å². The second-order valence-electron chi connectivity index (χ2n) is 6.18. The highest BCUT2D eigenvalue weighted by Crippen LogP contribution is 2.32. The smallest absolute Gasteiger partial charge is 0.130 e. The van der Waals surface area contributed by atoms with Gasteiger partial charge in [0.1, 0.15) is 11.9 Å². The Morgan fingerprint density at radius 3 is 2.45 bits per heavy atom. The van der Waals surface area contributed by atoms with Crippen LogP contribution < -0.4 is 0 Å². The Bertz CT molecular complexity index is 537. The maximum Gasteiger partial charge on any atom is 0.130 e. The van der Waals surface area contributed by atoms with Crippen LogP contribution in [-0.4, -0.2) is 42.0 Å². The number of likely N-dealkylation sites (tertiary alicyclic amines) is 2. The average molecular weight is 322 g/mol. The van der Waals surface area contributed by atoms with E-state index in [0.29, 0.717) is 16.6 Å². The van der Waals surface area contributed by atoms with Crippen molar-refractivity contribution in [3.63, 3.8) is 0 Å². The predicted molar refractivity (Wildman–Crippen MR) is 85.2 cm³/mol. The molecule has 0 aromatic heterocycles. The second kappa shape index (κ2) is 6.95. The topological polar surface area (TPSA) is 30.3 Å². The standard InChI is InChI=1S/C17H21ClFN3/c18-14-4-3-5-15(19)17(14)16(12-20)22-10-6-13(7-11-22)21-8-1-2-9-21/h3-5,13,16H,1-2,6-11H2/t16-/m0/s1. The molecule has 1 aromatic carbocycles. The first kappa shape index (κ1) is 15.7. The third-order valence-electron chi connectivity index (χ3n) is 4.92. The van der Waals surface area contributed by atoms with Gasteiger partial charge in [0.05, 0.1) is 6.07 Å². The summed E-state index contributed by atoms with van der Waals surface area (Å²) in [6.07, 6.45) is 4.69. The van der Waals surface area contributed by atoms with E-state index in [1.165, 1.54) is 32.0 Å². The second-order valence-corrected chi connectivity index (χ2v) is 6.58. The van der Waals surface area contributed by atoms with Gasteiger partial charge in [-0.15, -0.1) is 0 Å². The van der Waals surface area contributed by atoms with Crippen molar-refractivity contribution in [1.29, 1.82) is 5.26 Å². The number of nitrogens with zero attached hydrogens (tertiary/aromatic N) is 3. The molecule has 1 atom stereocenters. The van der Waals surface area contributed by atoms with Crippen molar-refractivity contribution in [2.75, 3.05) is 26.2 Å². The van der Waals surface area contributed by atoms with E-state index in [2.05, 4.69) is 15.9 Å². The molecule has 2 fully saturated rings. The highest BCUT2D eigenvalue weighted by atomic mass is 35.5. The zero-order chi connectivity index (χ0) is 15.5. The van der Waals surface area contributed by atoms with Gasteiger partial charge in [0, 0.05) is 29.7 Å². The quantitative estimate of drug-likeness (QED) is 0.852. The molecule has 2 aliphatic heterocycles. The average Bonchev–Trinajstić information content (AvgIpc) is 3.06. The summed E-state index contributed by atoms with van der Waals surface area (Å²) < 4.78 is 14.1. The fourth-order valence-corrected chi connectivity index (χ4v) is 3.98. The van der Waals surface area contributed by atoms with Crippen LogP contribution in [0.1, 0.15) is 37.3 Å². The van der Waals surface area contributed by atoms with E-state index in [1.807, 2.05) is 0 Å². The van der Waals surface area contributed by atoms with Gasteiger partial charge in [-0.25, -0.2) is 4.39 Å². The van der Waals surface area contributed by atoms with Crippen LogP contribution in [0.25, 0.3) is 0 Å². The van der Waals surface area contributed by atoms with Crippen LogP contribution in [0.15, 0.2) is 18.2 Å². The van der Waals surface area contributed by atoms with Crippen LogP contribution in [0.3, 0.4) is 0 Å². The van der Waals surface area contributed by atoms with Crippen molar-refractivity contribution in [2.45, 2.75) is 37.8 Å². The van der Waals surface area contributed by atoms with Crippen LogP contribution in [0.4, 0.5) is 4.39 Å². The van der Waals surface area contributed by atoms with Crippen LogP contribution in [0.2, 0.25) is 5.02 Å². The maximum atomic E-state index is 14.1. The minimum absolute atomic E-state index is 0.325. The van der Waals surface area contributed by atoms with Crippen molar-refractivity contribution in [3.05, 3.63) is 34.6 Å². The lowest BCUT2D eigenvalue weighted by Gasteiger charge is -2.38. The van der Waals surface area contributed by atoms with E-state index >= 15 is 0 Å². The van der Waals surface area contributed by atoms with Crippen molar-refractivity contribution >= 4 is 11.6 Å². The molecule has 2 aliphatic rings. The highest BCUT2D eigenvalue weighted by molar-refractivity contribution is 6.31. The van der Waals surface area contributed by atoms with Gasteiger partial charge in [-0.1, -0.05) is 17.7 Å². The Morgan fingerprint density at radius 1 is 1.18 bits per heavy atom. The molecule has 2 heterocycles. The van der Waals surface area contributed by atoms with Gasteiger partial charge in [0.25, 0.3) is 0 Å². The Labute approximate surface area is 136 Å². The van der Waals surface area contributed by atoms with E-state index < -0.39 is 6.04 Å². The molecule has 0 bridgehead atoms. The highest BCUT2D eigenvalue weighted by Gasteiger charge is 2.31. The third-order valence-corrected chi connectivity index (χ3v) is 5.25. The first-order valence-corrected chi connectivity index (χ1v) is 8.40. The van der Waals surface area contributed by atoms with E-state index in [1.54, 1.807) is 12.1 Å². The molecule has 0 saturated carbocycles. The predicted octanol–water partition coefficient (Wildman–Crippen LogP) is 3.60. The lowest BCUT2D eigenvalue weighted by molar-refractivity contribution is 0.111. The molecule has 0 N–H and O–H groups in total. The molecule has 3 nitrogen and oxygen atoms in total. The molecule has 0 amide bonds. The van der Waals surface area contributed by atoms with Gasteiger partial charge in [0.2, 0.25) is 0 Å². The Balaban J connectivity index is 1.70. The van der Waals surface area contributed by atoms with Crippen molar-refractivity contribution in [2.24, 2.45) is 0 Å². The molecule has 0 aliphatic carbocycles. The van der Waals surface area contributed by atoms with Gasteiger partial charge >= 0.3 is 0 Å². The zero-order valence-corrected chi connectivity index (χ0v) is 13.4. The van der Waals surface area contributed by atoms with E-state index in [-0.39, 0.29) is 5.82 Å². The minimum Gasteiger partial charge on any atom is -0.300 e. The van der Waals surface area contributed by atoms with Crippen molar-refractivity contribution in [1.82, 2.24) is 9.80 Å². The number of piperidine rings is 1. The number of hydrogen-bond donors (Lipinski definition) is 0. The molecule has 2 saturated heterocycles. The van der Waals surface area contributed by atoms with E-state index in [0.717, 1.165) is 25.9 Å². The Kier molecular flexibility index (Phi) is 4.97. The fourth-order valence-electron chi connectivity index (χ4n) is 3.72. The van der Waals surface area contributed by atoms with Gasteiger partial charge in [-0.3, -0.25) is 4.90 Å². The lowest BCUT2D eigenvalue weighted by Crippen LogP contribution is -2.44. The molecule has 0 spiro atoms. The molecular weight excluding hydrogens is 301 g/mol. The van der Waals surface area contributed by atoms with Crippen molar-refractivity contribution < 1.29 is 4.39 Å². The summed E-state index contributed by atoms with van der Waals surface area (Å²) in [5, 5.41) is 9.87. The van der Waals surface area contributed by atoms with Gasteiger partial charge in [-0.2, -0.15) is 5.26 Å². The largest absolute Gasteiger partial charge is 0.300 e. The number of benzene rings is 1. The zero-order valence-electron chi connectivity index (χ0n) is 12.6. The molecule has 118 valence electrons. The summed E-state index contributed by atoms with van der Waals surface area (Å²) in [7, 11) is 0. The van der Waals surface area contributed by atoms with E-state index in [4.69, 9.17) is 11.6 Å². The van der Waals surface area contributed by atoms with Crippen molar-refractivity contribution in [3.8, 4) is 6.07 Å². The summed E-state index contributed by atoms with van der Waals surface area (Å²) in [5.74, 6) is -0.388. The van der Waals surface area contributed by atoms with Gasteiger partial charge in [-0.05, 0) is 50.9 Å². The normalized spacial score (nSPS) is 22.6. The number of rotatable bonds is 3. The molecular formula is C17H21ClFN3. The first-order valence-electron chi connectivity index (χ1n) is 8.02. The SMILES string of the molecule is N#C[C@@H](c1c(F)cccc1Cl)N1CCC(N2CCCC2)CC1. The van der Waals surface area contributed by atoms with E-state index in [9.17, 15) is 9.65 Å². The molecule has 0 unspecified atom stereocenters. The van der Waals surface area contributed by atoms with Gasteiger partial charge in [0.15, 0.2) is 0 Å². The summed E-state index contributed by atoms with van der Waals surface area (Å²) in [4.78, 5) is 4.63. The molecule has 5 heteroatoms. The lowest BCUT2D eigenvalue weighted by atomic mass is 9.98. The maximum absolute atomic E-state index is 14.1. The number of nitriles is 1. The molecule has 0 radical (unpaired) electrons. The number of hydrogen-bond acceptors (Lipinski definition) is 3. The molecule has 3 rings (SSSR count). The Morgan fingerprint density at radius 2 is 1.86 bits per heavy atom. The summed E-state index contributed by atoms with van der Waals surface area (Å²) in [6.45, 7) is 4.05. The summed E-state index contributed by atoms with van der Waals surface area (Å²) in [6, 6.07) is 6.88. The fraction of sp³-hybridized carbons (Fsp3) is 0.588. The minimum atomic E-state index is -0.590. The van der Waals surface area contributed by atoms with Crippen LogP contribution >= 0.6 is 11.6 Å². The first-order chi connectivity index (χ1) is 10.7. The monoisotopic (exact) mass is 321 g/mol. The summed E-state index contributed by atoms with van der Waals surface area (Å²) >= 11 is 6.13. The molecule has 22 heavy (non-hydrogen) atoms.